The van der Waals surface area contributed by atoms with Gasteiger partial charge in [0.25, 0.3) is 0 Å². The van der Waals surface area contributed by atoms with Crippen LogP contribution in [0.2, 0.25) is 5.02 Å². The maximum Gasteiger partial charge on any atom is 0.179 e. The molecule has 0 aromatic heterocycles. The molecule has 0 fully saturated rings. The number of nitrogens with two attached hydrogens (primary N) is 1. The van der Waals surface area contributed by atoms with E-state index in [1.165, 1.54) is 0 Å². The van der Waals surface area contributed by atoms with Gasteiger partial charge in [-0.25, -0.2) is 0 Å². The van der Waals surface area contributed by atoms with E-state index in [4.69, 9.17) is 31.5 Å². The van der Waals surface area contributed by atoms with Crippen LogP contribution in [-0.2, 0) is 11.2 Å². The fraction of sp³-hybridized carbons (Fsp3) is 0.625. The minimum Gasteiger partial charge on any atom is -0.493 e. The van der Waals surface area contributed by atoms with Gasteiger partial charge in [0.1, 0.15) is 0 Å². The summed E-state index contributed by atoms with van der Waals surface area (Å²) in [5, 5.41) is 0.569. The summed E-state index contributed by atoms with van der Waals surface area (Å²) in [7, 11) is 3.31. The third-order valence-electron chi connectivity index (χ3n) is 3.30. The van der Waals surface area contributed by atoms with Gasteiger partial charge in [0.15, 0.2) is 11.5 Å². The molecule has 120 valence electrons. The van der Waals surface area contributed by atoms with Gasteiger partial charge in [-0.1, -0.05) is 18.5 Å². The Morgan fingerprint density at radius 3 is 2.52 bits per heavy atom. The topological polar surface area (TPSA) is 53.7 Å². The van der Waals surface area contributed by atoms with Crippen LogP contribution in [0.5, 0.6) is 11.5 Å². The third-order valence-corrected chi connectivity index (χ3v) is 3.58. The Balaban J connectivity index is 2.70. The highest BCUT2D eigenvalue weighted by Gasteiger charge is 2.13. The van der Waals surface area contributed by atoms with E-state index in [0.29, 0.717) is 23.1 Å². The van der Waals surface area contributed by atoms with Gasteiger partial charge in [0.2, 0.25) is 0 Å². The molecule has 0 amide bonds. The number of ether oxygens (including phenoxy) is 3. The Morgan fingerprint density at radius 2 is 1.90 bits per heavy atom. The van der Waals surface area contributed by atoms with Crippen LogP contribution in [0.25, 0.3) is 0 Å². The lowest BCUT2D eigenvalue weighted by Gasteiger charge is -2.15. The van der Waals surface area contributed by atoms with Crippen LogP contribution in [-0.4, -0.2) is 33.5 Å². The zero-order valence-corrected chi connectivity index (χ0v) is 13.9. The molecule has 0 saturated heterocycles. The smallest absolute Gasteiger partial charge is 0.179 e. The summed E-state index contributed by atoms with van der Waals surface area (Å²) in [4.78, 5) is 0. The van der Waals surface area contributed by atoms with Crippen molar-refractivity contribution in [2.45, 2.75) is 38.6 Å². The summed E-state index contributed by atoms with van der Waals surface area (Å²) in [5.41, 5.74) is 7.05. The van der Waals surface area contributed by atoms with Crippen molar-refractivity contribution < 1.29 is 14.2 Å². The second kappa shape index (κ2) is 9.87. The summed E-state index contributed by atoms with van der Waals surface area (Å²) in [6.45, 7) is 3.40. The summed E-state index contributed by atoms with van der Waals surface area (Å²) in [6.07, 6.45) is 3.58. The standard InChI is InChI=1S/C16H26ClNO3/c1-4-13(18)9-12-10-14(17)16(15(11-12)20-3)21-8-6-5-7-19-2/h10-11,13H,4-9,18H2,1-3H3. The highest BCUT2D eigenvalue weighted by Crippen LogP contribution is 2.36. The van der Waals surface area contributed by atoms with Crippen LogP contribution >= 0.6 is 11.6 Å². The van der Waals surface area contributed by atoms with Crippen molar-refractivity contribution in [3.8, 4) is 11.5 Å². The number of rotatable bonds is 10. The monoisotopic (exact) mass is 315 g/mol. The summed E-state index contributed by atoms with van der Waals surface area (Å²) < 4.78 is 16.1. The van der Waals surface area contributed by atoms with Crippen molar-refractivity contribution >= 4 is 11.6 Å². The van der Waals surface area contributed by atoms with Crippen molar-refractivity contribution in [1.82, 2.24) is 0 Å². The molecule has 0 aliphatic carbocycles. The first-order chi connectivity index (χ1) is 10.1. The van der Waals surface area contributed by atoms with Crippen LogP contribution < -0.4 is 15.2 Å². The molecule has 1 atom stereocenters. The molecule has 2 N–H and O–H groups in total. The largest absolute Gasteiger partial charge is 0.493 e. The van der Waals surface area contributed by atoms with E-state index >= 15 is 0 Å². The lowest BCUT2D eigenvalue weighted by atomic mass is 10.0. The van der Waals surface area contributed by atoms with Gasteiger partial charge >= 0.3 is 0 Å². The van der Waals surface area contributed by atoms with E-state index in [2.05, 4.69) is 6.92 Å². The van der Waals surface area contributed by atoms with E-state index in [0.717, 1.165) is 37.9 Å². The first-order valence-corrected chi connectivity index (χ1v) is 7.73. The maximum atomic E-state index is 6.31. The van der Waals surface area contributed by atoms with Crippen LogP contribution in [0.15, 0.2) is 12.1 Å². The lowest BCUT2D eigenvalue weighted by molar-refractivity contribution is 0.183. The highest BCUT2D eigenvalue weighted by atomic mass is 35.5. The Kier molecular flexibility index (Phi) is 8.50. The highest BCUT2D eigenvalue weighted by molar-refractivity contribution is 6.32. The predicted octanol–water partition coefficient (Wildman–Crippen LogP) is 3.43. The van der Waals surface area contributed by atoms with Crippen LogP contribution in [0.1, 0.15) is 31.7 Å². The molecule has 0 spiro atoms. The Hall–Kier alpha value is -0.970. The molecular formula is C16H26ClNO3. The van der Waals surface area contributed by atoms with E-state index in [1.807, 2.05) is 12.1 Å². The summed E-state index contributed by atoms with van der Waals surface area (Å²) in [6, 6.07) is 3.99. The Morgan fingerprint density at radius 1 is 1.19 bits per heavy atom. The Bertz CT molecular complexity index is 426. The number of halogens is 1. The first kappa shape index (κ1) is 18.1. The second-order valence-corrected chi connectivity index (χ2v) is 5.44. The molecular weight excluding hydrogens is 290 g/mol. The number of hydrogen-bond acceptors (Lipinski definition) is 4. The fourth-order valence-electron chi connectivity index (χ4n) is 2.00. The van der Waals surface area contributed by atoms with Crippen LogP contribution in [0, 0.1) is 0 Å². The molecule has 0 bridgehead atoms. The van der Waals surface area contributed by atoms with Gasteiger partial charge in [-0.2, -0.15) is 0 Å². The number of benzene rings is 1. The van der Waals surface area contributed by atoms with Crippen molar-refractivity contribution in [3.05, 3.63) is 22.7 Å². The number of hydrogen-bond donors (Lipinski definition) is 1. The van der Waals surface area contributed by atoms with Crippen LogP contribution in [0.4, 0.5) is 0 Å². The molecule has 0 radical (unpaired) electrons. The molecule has 0 aliphatic heterocycles. The first-order valence-electron chi connectivity index (χ1n) is 7.36. The van der Waals surface area contributed by atoms with Crippen molar-refractivity contribution in [1.29, 1.82) is 0 Å². The van der Waals surface area contributed by atoms with Gasteiger partial charge in [-0.05, 0) is 43.4 Å². The molecule has 0 heterocycles. The molecule has 4 nitrogen and oxygen atoms in total. The SMILES string of the molecule is CCC(N)Cc1cc(Cl)c(OCCCCOC)c(OC)c1. The minimum absolute atomic E-state index is 0.131. The molecule has 1 aromatic carbocycles. The van der Waals surface area contributed by atoms with Crippen LogP contribution in [0.3, 0.4) is 0 Å². The van der Waals surface area contributed by atoms with Crippen molar-refractivity contribution in [3.63, 3.8) is 0 Å². The summed E-state index contributed by atoms with van der Waals surface area (Å²) >= 11 is 6.31. The molecule has 1 unspecified atom stereocenters. The van der Waals surface area contributed by atoms with Crippen molar-refractivity contribution in [2.24, 2.45) is 5.73 Å². The van der Waals surface area contributed by atoms with E-state index in [-0.39, 0.29) is 6.04 Å². The zero-order chi connectivity index (χ0) is 15.7. The summed E-state index contributed by atoms with van der Waals surface area (Å²) in [5.74, 6) is 1.26. The normalized spacial score (nSPS) is 12.2. The average Bonchev–Trinajstić information content (AvgIpc) is 2.48. The second-order valence-electron chi connectivity index (χ2n) is 5.03. The zero-order valence-electron chi connectivity index (χ0n) is 13.2. The molecule has 1 aromatic rings. The van der Waals surface area contributed by atoms with E-state index < -0.39 is 0 Å². The molecule has 5 heteroatoms. The van der Waals surface area contributed by atoms with Gasteiger partial charge < -0.3 is 19.9 Å². The van der Waals surface area contributed by atoms with Crippen molar-refractivity contribution in [2.75, 3.05) is 27.4 Å². The fourth-order valence-corrected chi connectivity index (χ4v) is 2.29. The van der Waals surface area contributed by atoms with Gasteiger partial charge in [-0.3, -0.25) is 0 Å². The number of methoxy groups -OCH3 is 2. The average molecular weight is 316 g/mol. The molecule has 0 saturated carbocycles. The van der Waals surface area contributed by atoms with E-state index in [9.17, 15) is 0 Å². The van der Waals surface area contributed by atoms with Gasteiger partial charge in [-0.15, -0.1) is 0 Å². The Labute approximate surface area is 132 Å². The van der Waals surface area contributed by atoms with Gasteiger partial charge in [0.05, 0.1) is 18.7 Å². The predicted molar refractivity (Wildman–Crippen MR) is 86.6 cm³/mol. The quantitative estimate of drug-likeness (QED) is 0.672. The van der Waals surface area contributed by atoms with E-state index in [1.54, 1.807) is 14.2 Å². The maximum absolute atomic E-state index is 6.31. The molecule has 1 rings (SSSR count). The lowest BCUT2D eigenvalue weighted by Crippen LogP contribution is -2.21. The molecule has 21 heavy (non-hydrogen) atoms. The molecule has 0 aliphatic rings. The van der Waals surface area contributed by atoms with Gasteiger partial charge in [0, 0.05) is 19.8 Å². The third kappa shape index (κ3) is 6.12. The minimum atomic E-state index is 0.131. The number of unbranched alkanes of at least 4 members (excludes halogenated alkanes) is 1.